The summed E-state index contributed by atoms with van der Waals surface area (Å²) >= 11 is 0. The summed E-state index contributed by atoms with van der Waals surface area (Å²) in [6.07, 6.45) is -0.777. The highest BCUT2D eigenvalue weighted by Gasteiger charge is 2.50. The highest BCUT2D eigenvalue weighted by Crippen LogP contribution is 2.31. The third-order valence-corrected chi connectivity index (χ3v) is 3.95. The Bertz CT molecular complexity index is 701. The number of likely N-dealkylation sites (tertiary alicyclic amines) is 1. The molecule has 8 heteroatoms. The number of rotatable bonds is 3. The molecule has 1 aromatic carbocycles. The van der Waals surface area contributed by atoms with Crippen LogP contribution >= 0.6 is 0 Å². The van der Waals surface area contributed by atoms with Crippen molar-refractivity contribution >= 4 is 17.7 Å². The number of benzene rings is 1. The van der Waals surface area contributed by atoms with Crippen molar-refractivity contribution in [2.24, 2.45) is 0 Å². The number of esters is 1. The first-order chi connectivity index (χ1) is 11.9. The van der Waals surface area contributed by atoms with E-state index < -0.39 is 36.2 Å². The molecule has 2 rings (SSSR count). The van der Waals surface area contributed by atoms with Crippen LogP contribution in [0.5, 0.6) is 0 Å². The number of carbonyl (C=O) groups is 2. The first-order valence-corrected chi connectivity index (χ1v) is 8.24. The molecule has 0 radical (unpaired) electrons. The molecule has 6 nitrogen and oxygen atoms in total. The lowest BCUT2D eigenvalue weighted by molar-refractivity contribution is -0.00635. The Hall–Kier alpha value is -2.38. The van der Waals surface area contributed by atoms with Crippen LogP contribution in [-0.4, -0.2) is 54.7 Å². The van der Waals surface area contributed by atoms with E-state index in [1.807, 2.05) is 0 Å². The van der Waals surface area contributed by atoms with Gasteiger partial charge in [0.05, 0.1) is 25.8 Å². The fourth-order valence-electron chi connectivity index (χ4n) is 2.64. The van der Waals surface area contributed by atoms with Crippen LogP contribution in [0.3, 0.4) is 0 Å². The van der Waals surface area contributed by atoms with Gasteiger partial charge in [-0.1, -0.05) is 6.07 Å². The van der Waals surface area contributed by atoms with Gasteiger partial charge in [-0.25, -0.2) is 18.4 Å². The average molecular weight is 370 g/mol. The van der Waals surface area contributed by atoms with E-state index >= 15 is 0 Å². The lowest BCUT2D eigenvalue weighted by Crippen LogP contribution is -2.38. The van der Waals surface area contributed by atoms with Crippen molar-refractivity contribution < 1.29 is 27.8 Å². The van der Waals surface area contributed by atoms with Crippen LogP contribution < -0.4 is 5.32 Å². The van der Waals surface area contributed by atoms with E-state index in [1.165, 1.54) is 13.2 Å². The van der Waals surface area contributed by atoms with Crippen molar-refractivity contribution in [3.05, 3.63) is 29.3 Å². The Morgan fingerprint density at radius 3 is 2.54 bits per heavy atom. The highest BCUT2D eigenvalue weighted by molar-refractivity contribution is 5.92. The summed E-state index contributed by atoms with van der Waals surface area (Å²) in [6, 6.07) is 3.43. The SMILES string of the molecule is COC(=O)c1cc(NC2CN(C(=O)OC(C)(C)C)CC2(F)F)ccc1C. The lowest BCUT2D eigenvalue weighted by Gasteiger charge is -2.24. The van der Waals surface area contributed by atoms with Crippen LogP contribution in [0.1, 0.15) is 36.7 Å². The Morgan fingerprint density at radius 2 is 1.96 bits per heavy atom. The zero-order valence-electron chi connectivity index (χ0n) is 15.6. The van der Waals surface area contributed by atoms with Crippen molar-refractivity contribution in [1.82, 2.24) is 4.90 Å². The third kappa shape index (κ3) is 4.62. The van der Waals surface area contributed by atoms with Crippen LogP contribution in [0.4, 0.5) is 19.3 Å². The van der Waals surface area contributed by atoms with E-state index in [2.05, 4.69) is 5.32 Å². The van der Waals surface area contributed by atoms with Gasteiger partial charge < -0.3 is 14.8 Å². The minimum Gasteiger partial charge on any atom is -0.465 e. The largest absolute Gasteiger partial charge is 0.465 e. The number of anilines is 1. The normalized spacial score (nSPS) is 19.2. The van der Waals surface area contributed by atoms with Gasteiger partial charge in [0.2, 0.25) is 0 Å². The summed E-state index contributed by atoms with van der Waals surface area (Å²) in [5.74, 6) is -3.67. The number of carbonyl (C=O) groups excluding carboxylic acids is 2. The summed E-state index contributed by atoms with van der Waals surface area (Å²) in [6.45, 7) is 5.82. The topological polar surface area (TPSA) is 67.9 Å². The van der Waals surface area contributed by atoms with Crippen LogP contribution in [0.2, 0.25) is 0 Å². The number of aryl methyl sites for hydroxylation is 1. The van der Waals surface area contributed by atoms with Gasteiger partial charge in [0.15, 0.2) is 0 Å². The second kappa shape index (κ2) is 7.09. The number of nitrogens with one attached hydrogen (secondary N) is 1. The highest BCUT2D eigenvalue weighted by atomic mass is 19.3. The maximum absolute atomic E-state index is 14.3. The van der Waals surface area contributed by atoms with Crippen molar-refractivity contribution in [2.75, 3.05) is 25.5 Å². The predicted molar refractivity (Wildman–Crippen MR) is 92.7 cm³/mol. The molecule has 0 spiro atoms. The molecule has 0 aliphatic carbocycles. The monoisotopic (exact) mass is 370 g/mol. The molecule has 0 aromatic heterocycles. The van der Waals surface area contributed by atoms with Crippen LogP contribution in [0.15, 0.2) is 18.2 Å². The van der Waals surface area contributed by atoms with Crippen LogP contribution in [0.25, 0.3) is 0 Å². The zero-order valence-corrected chi connectivity index (χ0v) is 15.6. The maximum atomic E-state index is 14.3. The second-order valence-electron chi connectivity index (χ2n) is 7.34. The van der Waals surface area contributed by atoms with Crippen molar-refractivity contribution in [1.29, 1.82) is 0 Å². The minimum absolute atomic E-state index is 0.205. The van der Waals surface area contributed by atoms with Gasteiger partial charge in [-0.05, 0) is 45.4 Å². The molecule has 1 aliphatic rings. The molecule has 1 saturated heterocycles. The number of halogens is 2. The molecule has 0 saturated carbocycles. The van der Waals surface area contributed by atoms with Crippen molar-refractivity contribution in [3.63, 3.8) is 0 Å². The van der Waals surface area contributed by atoms with E-state index in [9.17, 15) is 18.4 Å². The van der Waals surface area contributed by atoms with Crippen LogP contribution in [-0.2, 0) is 9.47 Å². The molecular formula is C18H24F2N2O4. The Kier molecular flexibility index (Phi) is 5.44. The molecular weight excluding hydrogens is 346 g/mol. The number of hydrogen-bond donors (Lipinski definition) is 1. The zero-order chi connectivity index (χ0) is 19.7. The Morgan fingerprint density at radius 1 is 1.31 bits per heavy atom. The summed E-state index contributed by atoms with van der Waals surface area (Å²) < 4.78 is 38.5. The van der Waals surface area contributed by atoms with Gasteiger partial charge in [-0.2, -0.15) is 0 Å². The molecule has 26 heavy (non-hydrogen) atoms. The second-order valence-corrected chi connectivity index (χ2v) is 7.34. The average Bonchev–Trinajstić information content (AvgIpc) is 2.82. The first-order valence-electron chi connectivity index (χ1n) is 8.24. The number of methoxy groups -OCH3 is 1. The summed E-state index contributed by atoms with van der Waals surface area (Å²) in [4.78, 5) is 24.8. The third-order valence-electron chi connectivity index (χ3n) is 3.95. The predicted octanol–water partition coefficient (Wildman–Crippen LogP) is 3.45. The van der Waals surface area contributed by atoms with Crippen molar-refractivity contribution in [2.45, 2.75) is 45.3 Å². The first kappa shape index (κ1) is 19.9. The van der Waals surface area contributed by atoms with E-state index in [1.54, 1.807) is 39.8 Å². The quantitative estimate of drug-likeness (QED) is 0.826. The van der Waals surface area contributed by atoms with E-state index in [4.69, 9.17) is 9.47 Å². The molecule has 1 N–H and O–H groups in total. The molecule has 144 valence electrons. The van der Waals surface area contributed by atoms with Gasteiger partial charge in [0.1, 0.15) is 11.6 Å². The molecule has 1 aliphatic heterocycles. The maximum Gasteiger partial charge on any atom is 0.410 e. The van der Waals surface area contributed by atoms with Gasteiger partial charge >= 0.3 is 12.1 Å². The van der Waals surface area contributed by atoms with E-state index in [0.717, 1.165) is 4.90 Å². The molecule has 0 bridgehead atoms. The number of nitrogens with zero attached hydrogens (tertiary/aromatic N) is 1. The molecule has 1 aromatic rings. The fraction of sp³-hybridized carbons (Fsp3) is 0.556. The fourth-order valence-corrected chi connectivity index (χ4v) is 2.64. The summed E-state index contributed by atoms with van der Waals surface area (Å²) in [5.41, 5.74) is 0.565. The number of hydrogen-bond acceptors (Lipinski definition) is 5. The minimum atomic E-state index is -3.13. The Balaban J connectivity index is 2.14. The van der Waals surface area contributed by atoms with E-state index in [-0.39, 0.29) is 6.54 Å². The lowest BCUT2D eigenvalue weighted by atomic mass is 10.1. The van der Waals surface area contributed by atoms with Crippen LogP contribution in [0, 0.1) is 6.92 Å². The number of amides is 1. The standard InChI is InChI=1S/C18H24F2N2O4/c1-11-6-7-12(8-13(11)15(23)25-5)21-14-9-22(10-18(14,19)20)16(24)26-17(2,3)4/h6-8,14,21H,9-10H2,1-5H3. The van der Waals surface area contributed by atoms with Gasteiger partial charge in [-0.3, -0.25) is 4.90 Å². The molecule has 1 fully saturated rings. The molecule has 1 amide bonds. The molecule has 1 heterocycles. The molecule has 1 atom stereocenters. The van der Waals surface area contributed by atoms with Gasteiger partial charge in [-0.15, -0.1) is 0 Å². The smallest absolute Gasteiger partial charge is 0.410 e. The number of alkyl halides is 2. The summed E-state index contributed by atoms with van der Waals surface area (Å²) in [7, 11) is 1.26. The Labute approximate surface area is 151 Å². The van der Waals surface area contributed by atoms with E-state index in [0.29, 0.717) is 16.8 Å². The molecule has 1 unspecified atom stereocenters. The summed E-state index contributed by atoms with van der Waals surface area (Å²) in [5, 5.41) is 2.72. The number of ether oxygens (including phenoxy) is 2. The van der Waals surface area contributed by atoms with Crippen molar-refractivity contribution in [3.8, 4) is 0 Å². The van der Waals surface area contributed by atoms with Gasteiger partial charge in [0.25, 0.3) is 5.92 Å². The van der Waals surface area contributed by atoms with Gasteiger partial charge in [0, 0.05) is 5.69 Å².